The van der Waals surface area contributed by atoms with E-state index in [1.807, 2.05) is 24.3 Å². The van der Waals surface area contributed by atoms with Crippen LogP contribution in [0.5, 0.6) is 5.75 Å². The summed E-state index contributed by atoms with van der Waals surface area (Å²) in [5, 5.41) is 0. The van der Waals surface area contributed by atoms with Crippen LogP contribution in [0, 0.1) is 5.92 Å². The number of carbonyl (C=O) groups excluding carboxylic acids is 1. The standard InChI is InChI=1S/C17H24N2O2/c1-18(2)17(20)13-4-6-15(7-5-13)21-11-3-9-19-10-8-14-12-16(14)19/h4-7,14,16H,3,8-12H2,1-2H3/t14-,16+/m0/s1. The molecule has 0 spiro atoms. The Morgan fingerprint density at radius 3 is 2.67 bits per heavy atom. The topological polar surface area (TPSA) is 32.8 Å². The number of benzene rings is 1. The van der Waals surface area contributed by atoms with Crippen LogP contribution in [0.4, 0.5) is 0 Å². The Morgan fingerprint density at radius 1 is 1.33 bits per heavy atom. The number of carbonyl (C=O) groups is 1. The summed E-state index contributed by atoms with van der Waals surface area (Å²) in [5.74, 6) is 1.87. The van der Waals surface area contributed by atoms with E-state index in [0.717, 1.165) is 37.3 Å². The average molecular weight is 288 g/mol. The van der Waals surface area contributed by atoms with E-state index in [1.165, 1.54) is 19.4 Å². The lowest BCUT2D eigenvalue weighted by atomic mass is 10.2. The third-order valence-electron chi connectivity index (χ3n) is 4.51. The summed E-state index contributed by atoms with van der Waals surface area (Å²) in [4.78, 5) is 16.0. The third kappa shape index (κ3) is 3.38. The Hall–Kier alpha value is -1.55. The zero-order valence-corrected chi connectivity index (χ0v) is 12.9. The second-order valence-electron chi connectivity index (χ2n) is 6.31. The molecule has 4 nitrogen and oxygen atoms in total. The molecular weight excluding hydrogens is 264 g/mol. The van der Waals surface area contributed by atoms with Gasteiger partial charge in [0, 0.05) is 32.2 Å². The second kappa shape index (κ2) is 6.06. The van der Waals surface area contributed by atoms with Gasteiger partial charge in [-0.2, -0.15) is 0 Å². The zero-order valence-electron chi connectivity index (χ0n) is 12.9. The summed E-state index contributed by atoms with van der Waals surface area (Å²) in [6.45, 7) is 3.17. The van der Waals surface area contributed by atoms with Gasteiger partial charge in [0.1, 0.15) is 5.75 Å². The van der Waals surface area contributed by atoms with E-state index < -0.39 is 0 Å². The molecule has 1 saturated heterocycles. The van der Waals surface area contributed by atoms with E-state index in [1.54, 1.807) is 19.0 Å². The molecule has 0 bridgehead atoms. The van der Waals surface area contributed by atoms with Gasteiger partial charge in [-0.1, -0.05) is 0 Å². The van der Waals surface area contributed by atoms with Crippen LogP contribution in [0.2, 0.25) is 0 Å². The highest BCUT2D eigenvalue weighted by atomic mass is 16.5. The van der Waals surface area contributed by atoms with Gasteiger partial charge in [0.25, 0.3) is 5.91 Å². The van der Waals surface area contributed by atoms with Gasteiger partial charge in [-0.05, 0) is 56.0 Å². The van der Waals surface area contributed by atoms with Crippen LogP contribution in [0.1, 0.15) is 29.6 Å². The van der Waals surface area contributed by atoms with Crippen LogP contribution in [0.15, 0.2) is 24.3 Å². The lowest BCUT2D eigenvalue weighted by Gasteiger charge is -2.17. The number of rotatable bonds is 6. The van der Waals surface area contributed by atoms with Crippen molar-refractivity contribution in [3.63, 3.8) is 0 Å². The van der Waals surface area contributed by atoms with E-state index in [-0.39, 0.29) is 5.91 Å². The fourth-order valence-electron chi connectivity index (χ4n) is 3.17. The van der Waals surface area contributed by atoms with Crippen molar-refractivity contribution in [1.82, 2.24) is 9.80 Å². The lowest BCUT2D eigenvalue weighted by molar-refractivity contribution is 0.0827. The van der Waals surface area contributed by atoms with E-state index >= 15 is 0 Å². The van der Waals surface area contributed by atoms with Crippen molar-refractivity contribution in [3.8, 4) is 5.75 Å². The minimum atomic E-state index is 0.0228. The maximum atomic E-state index is 11.8. The van der Waals surface area contributed by atoms with Gasteiger partial charge in [-0.15, -0.1) is 0 Å². The van der Waals surface area contributed by atoms with Gasteiger partial charge in [0.2, 0.25) is 0 Å². The maximum Gasteiger partial charge on any atom is 0.253 e. The molecule has 0 aromatic heterocycles. The van der Waals surface area contributed by atoms with E-state index in [9.17, 15) is 4.79 Å². The highest BCUT2D eigenvalue weighted by molar-refractivity contribution is 5.93. The predicted octanol–water partition coefficient (Wildman–Crippen LogP) is 2.25. The minimum absolute atomic E-state index is 0.0228. The number of likely N-dealkylation sites (tertiary alicyclic amines) is 1. The monoisotopic (exact) mass is 288 g/mol. The Labute approximate surface area is 126 Å². The fourth-order valence-corrected chi connectivity index (χ4v) is 3.17. The van der Waals surface area contributed by atoms with Crippen molar-refractivity contribution >= 4 is 5.91 Å². The highest BCUT2D eigenvalue weighted by Gasteiger charge is 2.46. The molecule has 2 aliphatic rings. The summed E-state index contributed by atoms with van der Waals surface area (Å²) in [6, 6.07) is 8.30. The molecule has 2 fully saturated rings. The first kappa shape index (κ1) is 14.4. The van der Waals surface area contributed by atoms with Crippen molar-refractivity contribution in [1.29, 1.82) is 0 Å². The summed E-state index contributed by atoms with van der Waals surface area (Å²) >= 11 is 0. The average Bonchev–Trinajstić information content (AvgIpc) is 3.17. The summed E-state index contributed by atoms with van der Waals surface area (Å²) in [6.07, 6.45) is 3.89. The molecule has 1 aliphatic heterocycles. The summed E-state index contributed by atoms with van der Waals surface area (Å²) < 4.78 is 5.76. The molecule has 0 unspecified atom stereocenters. The molecule has 1 aliphatic carbocycles. The first-order chi connectivity index (χ1) is 10.1. The van der Waals surface area contributed by atoms with Crippen molar-refractivity contribution in [3.05, 3.63) is 29.8 Å². The van der Waals surface area contributed by atoms with Crippen LogP contribution in [0.3, 0.4) is 0 Å². The molecule has 21 heavy (non-hydrogen) atoms. The van der Waals surface area contributed by atoms with Gasteiger partial charge >= 0.3 is 0 Å². The molecule has 1 aromatic carbocycles. The van der Waals surface area contributed by atoms with Crippen LogP contribution in [-0.2, 0) is 0 Å². The third-order valence-corrected chi connectivity index (χ3v) is 4.51. The second-order valence-corrected chi connectivity index (χ2v) is 6.31. The minimum Gasteiger partial charge on any atom is -0.494 e. The van der Waals surface area contributed by atoms with E-state index in [2.05, 4.69) is 4.90 Å². The predicted molar refractivity (Wildman–Crippen MR) is 82.7 cm³/mol. The fraction of sp³-hybridized carbons (Fsp3) is 0.588. The van der Waals surface area contributed by atoms with Crippen LogP contribution in [-0.4, -0.2) is 55.5 Å². The molecule has 1 amide bonds. The Kier molecular flexibility index (Phi) is 4.15. The molecular formula is C17H24N2O2. The van der Waals surface area contributed by atoms with Crippen LogP contribution < -0.4 is 4.74 Å². The molecule has 1 heterocycles. The Balaban J connectivity index is 1.40. The molecule has 114 valence electrons. The molecule has 3 rings (SSSR count). The number of fused-ring (bicyclic) bond motifs is 1. The van der Waals surface area contributed by atoms with Gasteiger partial charge < -0.3 is 9.64 Å². The zero-order chi connectivity index (χ0) is 14.8. The Bertz CT molecular complexity index is 498. The smallest absolute Gasteiger partial charge is 0.253 e. The molecule has 2 atom stereocenters. The van der Waals surface area contributed by atoms with Crippen molar-refractivity contribution in [2.45, 2.75) is 25.3 Å². The highest BCUT2D eigenvalue weighted by Crippen LogP contribution is 2.44. The number of piperidine rings is 1. The van der Waals surface area contributed by atoms with Gasteiger partial charge in [0.15, 0.2) is 0 Å². The molecule has 1 saturated carbocycles. The van der Waals surface area contributed by atoms with Gasteiger partial charge in [0.05, 0.1) is 6.61 Å². The number of nitrogens with zero attached hydrogens (tertiary/aromatic N) is 2. The van der Waals surface area contributed by atoms with Crippen LogP contribution in [0.25, 0.3) is 0 Å². The van der Waals surface area contributed by atoms with E-state index in [0.29, 0.717) is 5.56 Å². The van der Waals surface area contributed by atoms with Crippen molar-refractivity contribution in [2.24, 2.45) is 5.92 Å². The van der Waals surface area contributed by atoms with Gasteiger partial charge in [-0.25, -0.2) is 0 Å². The van der Waals surface area contributed by atoms with Crippen molar-refractivity contribution in [2.75, 3.05) is 33.8 Å². The summed E-state index contributed by atoms with van der Waals surface area (Å²) in [5.41, 5.74) is 0.698. The molecule has 0 radical (unpaired) electrons. The first-order valence-corrected chi connectivity index (χ1v) is 7.84. The van der Waals surface area contributed by atoms with Gasteiger partial charge in [-0.3, -0.25) is 9.69 Å². The van der Waals surface area contributed by atoms with Crippen molar-refractivity contribution < 1.29 is 9.53 Å². The Morgan fingerprint density at radius 2 is 2.10 bits per heavy atom. The molecule has 1 aromatic rings. The molecule has 0 N–H and O–H groups in total. The molecule has 4 heteroatoms. The van der Waals surface area contributed by atoms with Crippen LogP contribution >= 0.6 is 0 Å². The quantitative estimate of drug-likeness (QED) is 0.753. The maximum absolute atomic E-state index is 11.8. The largest absolute Gasteiger partial charge is 0.494 e. The normalized spacial score (nSPS) is 23.7. The first-order valence-electron chi connectivity index (χ1n) is 7.84. The summed E-state index contributed by atoms with van der Waals surface area (Å²) in [7, 11) is 3.52. The number of amides is 1. The number of hydrogen-bond acceptors (Lipinski definition) is 3. The lowest BCUT2D eigenvalue weighted by Crippen LogP contribution is -2.25. The number of hydrogen-bond donors (Lipinski definition) is 0. The SMILES string of the molecule is CN(C)C(=O)c1ccc(OCCCN2CC[C@H]3C[C@H]32)cc1. The van der Waals surface area contributed by atoms with E-state index in [4.69, 9.17) is 4.74 Å². The number of ether oxygens (including phenoxy) is 1.